The summed E-state index contributed by atoms with van der Waals surface area (Å²) < 4.78 is 20.4. The van der Waals surface area contributed by atoms with E-state index in [4.69, 9.17) is 4.74 Å². The summed E-state index contributed by atoms with van der Waals surface area (Å²) in [6.45, 7) is 4.01. The highest BCUT2D eigenvalue weighted by Gasteiger charge is 2.14. The molecule has 0 aliphatic carbocycles. The summed E-state index contributed by atoms with van der Waals surface area (Å²) in [6.07, 6.45) is 8.59. The fourth-order valence-electron chi connectivity index (χ4n) is 4.28. The van der Waals surface area contributed by atoms with Crippen molar-refractivity contribution in [3.05, 3.63) is 78.5 Å². The maximum Gasteiger partial charge on any atom is 0.323 e. The van der Waals surface area contributed by atoms with E-state index in [9.17, 15) is 9.18 Å². The van der Waals surface area contributed by atoms with Gasteiger partial charge in [-0.1, -0.05) is 0 Å². The Morgan fingerprint density at radius 1 is 1.03 bits per heavy atom. The van der Waals surface area contributed by atoms with E-state index in [0.29, 0.717) is 22.9 Å². The van der Waals surface area contributed by atoms with E-state index >= 15 is 0 Å². The number of nitrogens with one attached hydrogen (secondary N) is 3. The van der Waals surface area contributed by atoms with Gasteiger partial charge < -0.3 is 20.3 Å². The second kappa shape index (κ2) is 10.5. The van der Waals surface area contributed by atoms with Crippen molar-refractivity contribution >= 4 is 23.1 Å². The summed E-state index contributed by atoms with van der Waals surface area (Å²) >= 11 is 0. The second-order valence-electron chi connectivity index (χ2n) is 8.79. The van der Waals surface area contributed by atoms with Gasteiger partial charge in [-0.2, -0.15) is 5.10 Å². The fraction of sp³-hybridized carbons (Fsp3) is 0.222. The van der Waals surface area contributed by atoms with Crippen LogP contribution in [-0.2, 0) is 0 Å². The number of nitrogens with zero attached hydrogens (tertiary/aromatic N) is 3. The van der Waals surface area contributed by atoms with Crippen LogP contribution >= 0.6 is 0 Å². The third-order valence-electron chi connectivity index (χ3n) is 5.99. The first-order valence-corrected chi connectivity index (χ1v) is 11.9. The highest BCUT2D eigenvalue weighted by atomic mass is 19.1. The van der Waals surface area contributed by atoms with Gasteiger partial charge in [0.25, 0.3) is 0 Å². The Kier molecular flexibility index (Phi) is 6.79. The van der Waals surface area contributed by atoms with E-state index < -0.39 is 11.8 Å². The lowest BCUT2D eigenvalue weighted by molar-refractivity contribution is 0.262. The number of urea groups is 1. The topological polar surface area (TPSA) is 95.2 Å². The van der Waals surface area contributed by atoms with Crippen molar-refractivity contribution < 1.29 is 13.9 Å². The summed E-state index contributed by atoms with van der Waals surface area (Å²) in [7, 11) is 0. The lowest BCUT2D eigenvalue weighted by Crippen LogP contribution is -2.29. The molecule has 4 aromatic rings. The first-order chi connectivity index (χ1) is 17.5. The summed E-state index contributed by atoms with van der Waals surface area (Å²) in [5.74, 6) is 0.330. The number of pyridine rings is 1. The Labute approximate surface area is 208 Å². The second-order valence-corrected chi connectivity index (χ2v) is 8.79. The molecule has 184 valence electrons. The van der Waals surface area contributed by atoms with Crippen LogP contribution in [0.3, 0.4) is 0 Å². The molecule has 3 N–H and O–H groups in total. The van der Waals surface area contributed by atoms with Crippen LogP contribution in [0.15, 0.2) is 67.1 Å². The van der Waals surface area contributed by atoms with Gasteiger partial charge in [-0.05, 0) is 68.1 Å². The number of aryl methyl sites for hydroxylation is 1. The average Bonchev–Trinajstić information content (AvgIpc) is 3.42. The number of hydrogen-bond donors (Lipinski definition) is 3. The van der Waals surface area contributed by atoms with Crippen molar-refractivity contribution in [3.8, 4) is 22.8 Å². The number of carbonyl (C=O) groups is 1. The van der Waals surface area contributed by atoms with E-state index in [1.807, 2.05) is 19.1 Å². The Morgan fingerprint density at radius 2 is 1.86 bits per heavy atom. The quantitative estimate of drug-likeness (QED) is 0.295. The maximum absolute atomic E-state index is 14.5. The number of aromatic amines is 1. The highest BCUT2D eigenvalue weighted by Crippen LogP contribution is 2.29. The molecular weight excluding hydrogens is 459 g/mol. The Hall–Kier alpha value is -4.40. The van der Waals surface area contributed by atoms with Gasteiger partial charge in [0.1, 0.15) is 17.3 Å². The zero-order valence-electron chi connectivity index (χ0n) is 19.9. The predicted octanol–water partition coefficient (Wildman–Crippen LogP) is 6.35. The summed E-state index contributed by atoms with van der Waals surface area (Å²) in [6, 6.07) is 13.1. The number of aromatic nitrogens is 3. The number of hydrogen-bond acceptors (Lipinski definition) is 5. The SMILES string of the molecule is Cc1cc(NC(=O)Nc2cc(Oc3ccnc(-c4cn[nH]c4)c3)ccc2F)cc(N2CCCCC2)c1. The van der Waals surface area contributed by atoms with Gasteiger partial charge in [-0.25, -0.2) is 9.18 Å². The molecule has 1 aliphatic heterocycles. The summed E-state index contributed by atoms with van der Waals surface area (Å²) in [5.41, 5.74) is 4.30. The van der Waals surface area contributed by atoms with Crippen LogP contribution in [0.2, 0.25) is 0 Å². The standard InChI is InChI=1S/C27H27FN6O2/c1-18-11-20(13-21(12-18)34-9-3-2-4-10-34)32-27(35)33-26-15-22(5-6-24(26)28)36-23-7-8-29-25(14-23)19-16-30-31-17-19/h5-8,11-17H,2-4,9-10H2,1H3,(H,30,31)(H2,32,33,35). The van der Waals surface area contributed by atoms with Gasteiger partial charge >= 0.3 is 6.03 Å². The molecule has 2 aromatic carbocycles. The van der Waals surface area contributed by atoms with Crippen molar-refractivity contribution in [1.82, 2.24) is 15.2 Å². The minimum absolute atomic E-state index is 0.0121. The molecule has 36 heavy (non-hydrogen) atoms. The van der Waals surface area contributed by atoms with Crippen LogP contribution in [0.25, 0.3) is 11.3 Å². The summed E-state index contributed by atoms with van der Waals surface area (Å²) in [5, 5.41) is 12.1. The maximum atomic E-state index is 14.5. The number of benzene rings is 2. The van der Waals surface area contributed by atoms with Gasteiger partial charge in [-0.3, -0.25) is 10.1 Å². The molecule has 0 atom stereocenters. The molecule has 3 heterocycles. The first-order valence-electron chi connectivity index (χ1n) is 11.9. The molecule has 9 heteroatoms. The molecule has 0 bridgehead atoms. The van der Waals surface area contributed by atoms with Crippen LogP contribution in [0, 0.1) is 12.7 Å². The van der Waals surface area contributed by atoms with E-state index in [2.05, 4.69) is 36.8 Å². The monoisotopic (exact) mass is 486 g/mol. The highest BCUT2D eigenvalue weighted by molar-refractivity contribution is 6.00. The number of rotatable bonds is 6. The molecule has 1 saturated heterocycles. The molecule has 2 amide bonds. The Bertz CT molecular complexity index is 1350. The van der Waals surface area contributed by atoms with Crippen LogP contribution in [-0.4, -0.2) is 34.3 Å². The minimum atomic E-state index is -0.565. The van der Waals surface area contributed by atoms with Crippen molar-refractivity contribution in [2.45, 2.75) is 26.2 Å². The van der Waals surface area contributed by atoms with E-state index in [1.54, 1.807) is 30.7 Å². The van der Waals surface area contributed by atoms with E-state index in [1.165, 1.54) is 37.5 Å². The third kappa shape index (κ3) is 5.63. The number of piperidine rings is 1. The number of halogens is 1. The Balaban J connectivity index is 1.27. The molecular formula is C27H27FN6O2. The third-order valence-corrected chi connectivity index (χ3v) is 5.99. The largest absolute Gasteiger partial charge is 0.457 e. The number of anilines is 3. The lowest BCUT2D eigenvalue weighted by atomic mass is 10.1. The lowest BCUT2D eigenvalue weighted by Gasteiger charge is -2.29. The molecule has 1 fully saturated rings. The zero-order valence-corrected chi connectivity index (χ0v) is 19.9. The molecule has 0 saturated carbocycles. The van der Waals surface area contributed by atoms with E-state index in [0.717, 1.165) is 29.9 Å². The number of ether oxygens (including phenoxy) is 1. The average molecular weight is 487 g/mol. The van der Waals surface area contributed by atoms with Crippen LogP contribution in [0.5, 0.6) is 11.5 Å². The molecule has 8 nitrogen and oxygen atoms in total. The number of H-pyrrole nitrogens is 1. The fourth-order valence-corrected chi connectivity index (χ4v) is 4.28. The minimum Gasteiger partial charge on any atom is -0.457 e. The number of carbonyl (C=O) groups excluding carboxylic acids is 1. The molecule has 2 aromatic heterocycles. The smallest absolute Gasteiger partial charge is 0.323 e. The van der Waals surface area contributed by atoms with E-state index in [-0.39, 0.29) is 5.69 Å². The van der Waals surface area contributed by atoms with Crippen LogP contribution in [0.1, 0.15) is 24.8 Å². The summed E-state index contributed by atoms with van der Waals surface area (Å²) in [4.78, 5) is 19.4. The predicted molar refractivity (Wildman–Crippen MR) is 138 cm³/mol. The number of amides is 2. The van der Waals surface area contributed by atoms with Gasteiger partial charge in [0.15, 0.2) is 0 Å². The van der Waals surface area contributed by atoms with Crippen LogP contribution < -0.4 is 20.3 Å². The van der Waals surface area contributed by atoms with Crippen molar-refractivity contribution in [1.29, 1.82) is 0 Å². The molecule has 1 aliphatic rings. The van der Waals surface area contributed by atoms with Gasteiger partial charge in [0.2, 0.25) is 0 Å². The first kappa shape index (κ1) is 23.3. The molecule has 0 unspecified atom stereocenters. The normalized spacial score (nSPS) is 13.3. The van der Waals surface area contributed by atoms with Gasteiger partial charge in [0, 0.05) is 54.6 Å². The molecule has 0 spiro atoms. The van der Waals surface area contributed by atoms with Crippen molar-refractivity contribution in [2.24, 2.45) is 0 Å². The molecule has 0 radical (unpaired) electrons. The zero-order chi connectivity index (χ0) is 24.9. The Morgan fingerprint density at radius 3 is 2.67 bits per heavy atom. The van der Waals surface area contributed by atoms with Crippen molar-refractivity contribution in [3.63, 3.8) is 0 Å². The van der Waals surface area contributed by atoms with Gasteiger partial charge in [-0.15, -0.1) is 0 Å². The molecule has 5 rings (SSSR count). The van der Waals surface area contributed by atoms with Crippen LogP contribution in [0.4, 0.5) is 26.2 Å². The van der Waals surface area contributed by atoms with Crippen molar-refractivity contribution in [2.75, 3.05) is 28.6 Å². The van der Waals surface area contributed by atoms with Gasteiger partial charge in [0.05, 0.1) is 17.6 Å².